The monoisotopic (exact) mass is 266 g/mol. The van der Waals surface area contributed by atoms with Gasteiger partial charge < -0.3 is 5.32 Å². The molecule has 0 radical (unpaired) electrons. The standard InChI is InChI=1S/C14H19ClN2O/c1-9(2)12-6-11(7-13(15)17-12)14(18)16-8-10-4-3-5-10/h6-7,9-10H,3-5,8H2,1-2H3,(H,16,18). The van der Waals surface area contributed by atoms with E-state index in [0.29, 0.717) is 16.6 Å². The Morgan fingerprint density at radius 1 is 1.50 bits per heavy atom. The van der Waals surface area contributed by atoms with E-state index in [1.165, 1.54) is 19.3 Å². The van der Waals surface area contributed by atoms with Crippen molar-refractivity contribution in [3.8, 4) is 0 Å². The average molecular weight is 267 g/mol. The molecule has 1 N–H and O–H groups in total. The van der Waals surface area contributed by atoms with Crippen LogP contribution in [0.15, 0.2) is 12.1 Å². The van der Waals surface area contributed by atoms with Crippen LogP contribution >= 0.6 is 11.6 Å². The summed E-state index contributed by atoms with van der Waals surface area (Å²) in [5.41, 5.74) is 1.47. The third-order valence-electron chi connectivity index (χ3n) is 3.44. The zero-order valence-electron chi connectivity index (χ0n) is 10.9. The van der Waals surface area contributed by atoms with Crippen LogP contribution in [-0.2, 0) is 0 Å². The van der Waals surface area contributed by atoms with Gasteiger partial charge in [0.2, 0.25) is 0 Å². The van der Waals surface area contributed by atoms with Crippen molar-refractivity contribution in [3.63, 3.8) is 0 Å². The van der Waals surface area contributed by atoms with Gasteiger partial charge in [0.15, 0.2) is 0 Å². The van der Waals surface area contributed by atoms with Crippen LogP contribution in [-0.4, -0.2) is 17.4 Å². The number of halogens is 1. The SMILES string of the molecule is CC(C)c1cc(C(=O)NCC2CCC2)cc(Cl)n1. The van der Waals surface area contributed by atoms with E-state index < -0.39 is 0 Å². The molecular weight excluding hydrogens is 248 g/mol. The van der Waals surface area contributed by atoms with Gasteiger partial charge in [0.1, 0.15) is 5.15 Å². The molecule has 1 amide bonds. The van der Waals surface area contributed by atoms with Gasteiger partial charge >= 0.3 is 0 Å². The first-order valence-corrected chi connectivity index (χ1v) is 6.89. The van der Waals surface area contributed by atoms with Crippen molar-refractivity contribution in [1.82, 2.24) is 10.3 Å². The molecule has 98 valence electrons. The van der Waals surface area contributed by atoms with Crippen molar-refractivity contribution >= 4 is 17.5 Å². The quantitative estimate of drug-likeness (QED) is 0.849. The van der Waals surface area contributed by atoms with Gasteiger partial charge in [-0.05, 0) is 36.8 Å². The molecule has 0 aliphatic heterocycles. The molecule has 0 aromatic carbocycles. The highest BCUT2D eigenvalue weighted by atomic mass is 35.5. The van der Waals surface area contributed by atoms with Gasteiger partial charge in [0.25, 0.3) is 5.91 Å². The largest absolute Gasteiger partial charge is 0.352 e. The summed E-state index contributed by atoms with van der Waals surface area (Å²) in [6.45, 7) is 4.85. The van der Waals surface area contributed by atoms with E-state index in [2.05, 4.69) is 10.3 Å². The second kappa shape index (κ2) is 5.70. The molecule has 0 saturated heterocycles. The predicted molar refractivity (Wildman–Crippen MR) is 73.0 cm³/mol. The summed E-state index contributed by atoms with van der Waals surface area (Å²) in [7, 11) is 0. The summed E-state index contributed by atoms with van der Waals surface area (Å²) in [4.78, 5) is 16.2. The minimum absolute atomic E-state index is 0.0481. The number of carbonyl (C=O) groups excluding carboxylic acids is 1. The summed E-state index contributed by atoms with van der Waals surface area (Å²) < 4.78 is 0. The Bertz CT molecular complexity index is 441. The maximum Gasteiger partial charge on any atom is 0.251 e. The van der Waals surface area contributed by atoms with Gasteiger partial charge in [-0.25, -0.2) is 4.98 Å². The minimum atomic E-state index is -0.0481. The topological polar surface area (TPSA) is 42.0 Å². The molecule has 1 saturated carbocycles. The van der Waals surface area contributed by atoms with Crippen molar-refractivity contribution in [2.75, 3.05) is 6.54 Å². The summed E-state index contributed by atoms with van der Waals surface area (Å²) >= 11 is 5.95. The van der Waals surface area contributed by atoms with Crippen LogP contribution in [0.2, 0.25) is 5.15 Å². The van der Waals surface area contributed by atoms with E-state index in [0.717, 1.165) is 12.2 Å². The fourth-order valence-electron chi connectivity index (χ4n) is 1.98. The molecule has 0 unspecified atom stereocenters. The van der Waals surface area contributed by atoms with Crippen molar-refractivity contribution < 1.29 is 4.79 Å². The van der Waals surface area contributed by atoms with Gasteiger partial charge in [-0.15, -0.1) is 0 Å². The number of pyridine rings is 1. The molecule has 3 nitrogen and oxygen atoms in total. The molecule has 1 aliphatic rings. The highest BCUT2D eigenvalue weighted by Crippen LogP contribution is 2.25. The van der Waals surface area contributed by atoms with Gasteiger partial charge in [-0.2, -0.15) is 0 Å². The van der Waals surface area contributed by atoms with Crippen LogP contribution in [0.4, 0.5) is 0 Å². The fourth-order valence-corrected chi connectivity index (χ4v) is 2.20. The Hall–Kier alpha value is -1.09. The van der Waals surface area contributed by atoms with Crippen molar-refractivity contribution in [2.45, 2.75) is 39.0 Å². The molecule has 18 heavy (non-hydrogen) atoms. The summed E-state index contributed by atoms with van der Waals surface area (Å²) in [5, 5.41) is 3.35. The maximum absolute atomic E-state index is 12.0. The van der Waals surface area contributed by atoms with Crippen LogP contribution in [0.5, 0.6) is 0 Å². The highest BCUT2D eigenvalue weighted by Gasteiger charge is 2.18. The smallest absolute Gasteiger partial charge is 0.251 e. The molecule has 0 atom stereocenters. The zero-order chi connectivity index (χ0) is 13.1. The number of nitrogens with zero attached hydrogens (tertiary/aromatic N) is 1. The summed E-state index contributed by atoms with van der Waals surface area (Å²) in [6.07, 6.45) is 3.75. The van der Waals surface area contributed by atoms with Crippen LogP contribution in [0.25, 0.3) is 0 Å². The Morgan fingerprint density at radius 2 is 2.22 bits per heavy atom. The van der Waals surface area contributed by atoms with Crippen LogP contribution in [0, 0.1) is 5.92 Å². The van der Waals surface area contributed by atoms with E-state index in [1.807, 2.05) is 19.9 Å². The van der Waals surface area contributed by atoms with Crippen molar-refractivity contribution in [1.29, 1.82) is 0 Å². The van der Waals surface area contributed by atoms with Crippen LogP contribution in [0.1, 0.15) is 55.1 Å². The number of carbonyl (C=O) groups is 1. The molecule has 1 aromatic rings. The van der Waals surface area contributed by atoms with Crippen LogP contribution < -0.4 is 5.32 Å². The van der Waals surface area contributed by atoms with Crippen molar-refractivity contribution in [2.24, 2.45) is 5.92 Å². The lowest BCUT2D eigenvalue weighted by atomic mass is 9.85. The van der Waals surface area contributed by atoms with Gasteiger partial charge in [-0.3, -0.25) is 4.79 Å². The third kappa shape index (κ3) is 3.22. The van der Waals surface area contributed by atoms with E-state index in [4.69, 9.17) is 11.6 Å². The number of hydrogen-bond acceptors (Lipinski definition) is 2. The molecule has 0 spiro atoms. The summed E-state index contributed by atoms with van der Waals surface area (Å²) in [5.74, 6) is 0.880. The number of hydrogen-bond donors (Lipinski definition) is 1. The Labute approximate surface area is 113 Å². The predicted octanol–water partition coefficient (Wildman–Crippen LogP) is 3.39. The second-order valence-electron chi connectivity index (χ2n) is 5.27. The number of nitrogens with one attached hydrogen (secondary N) is 1. The van der Waals surface area contributed by atoms with Gasteiger partial charge in [0.05, 0.1) is 0 Å². The molecule has 1 heterocycles. The third-order valence-corrected chi connectivity index (χ3v) is 3.64. The first-order chi connectivity index (χ1) is 8.56. The number of aromatic nitrogens is 1. The molecule has 4 heteroatoms. The first kappa shape index (κ1) is 13.3. The maximum atomic E-state index is 12.0. The zero-order valence-corrected chi connectivity index (χ0v) is 11.6. The molecule has 1 fully saturated rings. The molecule has 1 aliphatic carbocycles. The van der Waals surface area contributed by atoms with E-state index >= 15 is 0 Å². The second-order valence-corrected chi connectivity index (χ2v) is 5.65. The van der Waals surface area contributed by atoms with E-state index in [9.17, 15) is 4.79 Å². The first-order valence-electron chi connectivity index (χ1n) is 6.52. The van der Waals surface area contributed by atoms with Crippen LogP contribution in [0.3, 0.4) is 0 Å². The number of amides is 1. The lowest BCUT2D eigenvalue weighted by Gasteiger charge is -2.25. The van der Waals surface area contributed by atoms with E-state index in [-0.39, 0.29) is 11.8 Å². The number of rotatable bonds is 4. The summed E-state index contributed by atoms with van der Waals surface area (Å²) in [6, 6.07) is 3.45. The normalized spacial score (nSPS) is 15.6. The molecule has 2 rings (SSSR count). The Morgan fingerprint density at radius 3 is 2.78 bits per heavy atom. The molecule has 1 aromatic heterocycles. The molecule has 0 bridgehead atoms. The Balaban J connectivity index is 2.03. The molecular formula is C14H19ClN2O. The van der Waals surface area contributed by atoms with Gasteiger partial charge in [-0.1, -0.05) is 31.9 Å². The van der Waals surface area contributed by atoms with Crippen molar-refractivity contribution in [3.05, 3.63) is 28.5 Å². The lowest BCUT2D eigenvalue weighted by Crippen LogP contribution is -2.32. The van der Waals surface area contributed by atoms with E-state index in [1.54, 1.807) is 6.07 Å². The average Bonchev–Trinajstić information content (AvgIpc) is 2.25. The fraction of sp³-hybridized carbons (Fsp3) is 0.571. The highest BCUT2D eigenvalue weighted by molar-refractivity contribution is 6.29. The Kier molecular flexibility index (Phi) is 4.23. The lowest BCUT2D eigenvalue weighted by molar-refractivity contribution is 0.0939. The van der Waals surface area contributed by atoms with Gasteiger partial charge in [0, 0.05) is 17.8 Å². The minimum Gasteiger partial charge on any atom is -0.352 e.